The van der Waals surface area contributed by atoms with Crippen LogP contribution in [0.5, 0.6) is 5.75 Å². The van der Waals surface area contributed by atoms with Crippen molar-refractivity contribution in [3.8, 4) is 5.75 Å². The lowest BCUT2D eigenvalue weighted by Gasteiger charge is -2.09. The molecule has 0 aliphatic carbocycles. The van der Waals surface area contributed by atoms with E-state index in [4.69, 9.17) is 24.4 Å². The summed E-state index contributed by atoms with van der Waals surface area (Å²) in [5.74, 6) is 0.769. The molecule has 134 valence electrons. The topological polar surface area (TPSA) is 85.2 Å². The second-order valence-electron chi connectivity index (χ2n) is 4.40. The third kappa shape index (κ3) is 16.7. The number of carbonyl (C=O) groups excluding carboxylic acids is 1. The number of ether oxygens (including phenoxy) is 3. The van der Waals surface area contributed by atoms with Gasteiger partial charge in [0.1, 0.15) is 12.0 Å². The van der Waals surface area contributed by atoms with Gasteiger partial charge < -0.3 is 24.4 Å². The zero-order valence-corrected chi connectivity index (χ0v) is 14.7. The van der Waals surface area contributed by atoms with Gasteiger partial charge in [0.2, 0.25) is 0 Å². The summed E-state index contributed by atoms with van der Waals surface area (Å²) >= 11 is 0. The molecular formula is C17H30O6. The van der Waals surface area contributed by atoms with Gasteiger partial charge in [0.05, 0.1) is 19.8 Å². The highest BCUT2D eigenvalue weighted by molar-refractivity contribution is 5.74. The smallest absolute Gasteiger partial charge is 0.154 e. The van der Waals surface area contributed by atoms with Gasteiger partial charge in [0.25, 0.3) is 0 Å². The van der Waals surface area contributed by atoms with Gasteiger partial charge in [-0.15, -0.1) is 0 Å². The molecule has 0 heterocycles. The van der Waals surface area contributed by atoms with Crippen LogP contribution in [0.4, 0.5) is 0 Å². The minimum absolute atomic E-state index is 0.0370. The molecule has 0 aromatic heterocycles. The maximum atomic E-state index is 10.2. The first-order valence-corrected chi connectivity index (χ1v) is 7.56. The predicted octanol–water partition coefficient (Wildman–Crippen LogP) is 2.27. The number of hydrogen-bond acceptors (Lipinski definition) is 6. The van der Waals surface area contributed by atoms with E-state index in [1.807, 2.05) is 20.8 Å². The molecular weight excluding hydrogens is 300 g/mol. The maximum absolute atomic E-state index is 10.2. The second-order valence-corrected chi connectivity index (χ2v) is 4.40. The molecule has 0 saturated heterocycles. The van der Waals surface area contributed by atoms with Crippen molar-refractivity contribution in [3.05, 3.63) is 29.8 Å². The van der Waals surface area contributed by atoms with Crippen LogP contribution in [-0.4, -0.2) is 55.8 Å². The van der Waals surface area contributed by atoms with Crippen LogP contribution in [0.15, 0.2) is 24.3 Å². The molecule has 0 bridgehead atoms. The Balaban J connectivity index is 0. The van der Waals surface area contributed by atoms with Crippen molar-refractivity contribution < 1.29 is 29.2 Å². The SMILES string of the molecule is CC(O)CO.CCOC(C)OCC.COc1ccc(C=O)cc1. The molecule has 0 amide bonds. The Labute approximate surface area is 139 Å². The molecule has 0 radical (unpaired) electrons. The lowest BCUT2D eigenvalue weighted by molar-refractivity contribution is -0.123. The van der Waals surface area contributed by atoms with Gasteiger partial charge >= 0.3 is 0 Å². The van der Waals surface area contributed by atoms with E-state index >= 15 is 0 Å². The van der Waals surface area contributed by atoms with E-state index in [-0.39, 0.29) is 12.9 Å². The molecule has 1 unspecified atom stereocenters. The number of hydrogen-bond donors (Lipinski definition) is 2. The fourth-order valence-corrected chi connectivity index (χ4v) is 1.20. The Morgan fingerprint density at radius 3 is 1.78 bits per heavy atom. The molecule has 2 N–H and O–H groups in total. The van der Waals surface area contributed by atoms with E-state index in [2.05, 4.69) is 0 Å². The largest absolute Gasteiger partial charge is 0.497 e. The first-order chi connectivity index (χ1) is 10.9. The Morgan fingerprint density at radius 1 is 1.09 bits per heavy atom. The molecule has 0 fully saturated rings. The molecule has 0 aliphatic heterocycles. The molecule has 1 rings (SSSR count). The molecule has 0 saturated carbocycles. The van der Waals surface area contributed by atoms with Gasteiger partial charge in [-0.2, -0.15) is 0 Å². The minimum atomic E-state index is -0.560. The molecule has 0 spiro atoms. The summed E-state index contributed by atoms with van der Waals surface area (Å²) in [5, 5.41) is 16.0. The lowest BCUT2D eigenvalue weighted by atomic mass is 10.2. The van der Waals surface area contributed by atoms with Crippen LogP contribution in [0.25, 0.3) is 0 Å². The lowest BCUT2D eigenvalue weighted by Crippen LogP contribution is -2.11. The third-order valence-corrected chi connectivity index (χ3v) is 2.32. The van der Waals surface area contributed by atoms with E-state index in [9.17, 15) is 4.79 Å². The van der Waals surface area contributed by atoms with E-state index in [0.717, 1.165) is 25.2 Å². The van der Waals surface area contributed by atoms with Crippen LogP contribution >= 0.6 is 0 Å². The highest BCUT2D eigenvalue weighted by Gasteiger charge is 1.94. The van der Waals surface area contributed by atoms with Crippen molar-refractivity contribution in [1.29, 1.82) is 0 Å². The molecule has 23 heavy (non-hydrogen) atoms. The number of aldehydes is 1. The summed E-state index contributed by atoms with van der Waals surface area (Å²) in [6, 6.07) is 6.94. The van der Waals surface area contributed by atoms with E-state index in [1.165, 1.54) is 6.92 Å². The number of carbonyl (C=O) groups is 1. The van der Waals surface area contributed by atoms with E-state index < -0.39 is 6.10 Å². The number of aliphatic hydroxyl groups excluding tert-OH is 2. The van der Waals surface area contributed by atoms with Crippen molar-refractivity contribution in [1.82, 2.24) is 0 Å². The molecule has 1 aromatic rings. The van der Waals surface area contributed by atoms with Crippen LogP contribution in [0.1, 0.15) is 38.1 Å². The fourth-order valence-electron chi connectivity index (χ4n) is 1.20. The summed E-state index contributed by atoms with van der Waals surface area (Å²) in [6.07, 6.45) is 0.208. The molecule has 1 aromatic carbocycles. The zero-order chi connectivity index (χ0) is 18.1. The van der Waals surface area contributed by atoms with E-state index in [1.54, 1.807) is 31.4 Å². The summed E-state index contributed by atoms with van der Waals surface area (Å²) in [5.41, 5.74) is 0.667. The molecule has 0 aliphatic rings. The standard InChI is InChI=1S/C8H8O2.C6H14O2.C3H8O2/c1-10-8-4-2-7(6-9)3-5-8;1-4-7-6(3)8-5-2;1-3(5)2-4/h2-6H,1H3;6H,4-5H2,1-3H3;3-5H,2H2,1H3. The maximum Gasteiger partial charge on any atom is 0.154 e. The Bertz CT molecular complexity index is 358. The quantitative estimate of drug-likeness (QED) is 0.589. The Hall–Kier alpha value is -1.47. The summed E-state index contributed by atoms with van der Waals surface area (Å²) in [7, 11) is 1.59. The number of benzene rings is 1. The highest BCUT2D eigenvalue weighted by Crippen LogP contribution is 2.09. The number of aliphatic hydroxyl groups is 2. The van der Waals surface area contributed by atoms with Crippen LogP contribution in [0.3, 0.4) is 0 Å². The van der Waals surface area contributed by atoms with Gasteiger partial charge in [-0.3, -0.25) is 4.79 Å². The van der Waals surface area contributed by atoms with Gasteiger partial charge in [-0.05, 0) is 52.0 Å². The summed E-state index contributed by atoms with van der Waals surface area (Å²) < 4.78 is 15.0. The third-order valence-electron chi connectivity index (χ3n) is 2.32. The fraction of sp³-hybridized carbons (Fsp3) is 0.588. The second kappa shape index (κ2) is 16.9. The monoisotopic (exact) mass is 330 g/mol. The molecule has 6 heteroatoms. The van der Waals surface area contributed by atoms with Crippen LogP contribution in [0, 0.1) is 0 Å². The van der Waals surface area contributed by atoms with Crippen LogP contribution in [0.2, 0.25) is 0 Å². The Morgan fingerprint density at radius 2 is 1.52 bits per heavy atom. The van der Waals surface area contributed by atoms with Crippen LogP contribution in [-0.2, 0) is 9.47 Å². The first-order valence-electron chi connectivity index (χ1n) is 7.56. The van der Waals surface area contributed by atoms with E-state index in [0.29, 0.717) is 5.56 Å². The highest BCUT2D eigenvalue weighted by atomic mass is 16.7. The normalized spacial score (nSPS) is 10.8. The number of rotatable bonds is 7. The molecule has 1 atom stereocenters. The summed E-state index contributed by atoms with van der Waals surface area (Å²) in [6.45, 7) is 8.64. The van der Waals surface area contributed by atoms with Crippen molar-refractivity contribution in [2.45, 2.75) is 40.1 Å². The van der Waals surface area contributed by atoms with Gasteiger partial charge in [0.15, 0.2) is 6.29 Å². The van der Waals surface area contributed by atoms with Crippen molar-refractivity contribution in [2.75, 3.05) is 26.9 Å². The number of methoxy groups -OCH3 is 1. The minimum Gasteiger partial charge on any atom is -0.497 e. The predicted molar refractivity (Wildman–Crippen MR) is 89.9 cm³/mol. The van der Waals surface area contributed by atoms with Crippen molar-refractivity contribution in [3.63, 3.8) is 0 Å². The van der Waals surface area contributed by atoms with Crippen LogP contribution < -0.4 is 4.74 Å². The average molecular weight is 330 g/mol. The van der Waals surface area contributed by atoms with Crippen molar-refractivity contribution >= 4 is 6.29 Å². The van der Waals surface area contributed by atoms with Crippen molar-refractivity contribution in [2.24, 2.45) is 0 Å². The average Bonchev–Trinajstić information content (AvgIpc) is 2.56. The van der Waals surface area contributed by atoms with Gasteiger partial charge in [-0.1, -0.05) is 0 Å². The summed E-state index contributed by atoms with van der Waals surface area (Å²) in [4.78, 5) is 10.2. The van der Waals surface area contributed by atoms with Gasteiger partial charge in [0, 0.05) is 18.8 Å². The molecule has 6 nitrogen and oxygen atoms in total. The van der Waals surface area contributed by atoms with Gasteiger partial charge in [-0.25, -0.2) is 0 Å². The first kappa shape index (κ1) is 23.8. The Kier molecular flexibility index (Phi) is 17.5. The zero-order valence-electron chi connectivity index (χ0n) is 14.7.